The van der Waals surface area contributed by atoms with Crippen LogP contribution < -0.4 is 0 Å². The first-order valence-electron chi connectivity index (χ1n) is 10.2. The minimum Gasteiger partial charge on any atom is -0.444 e. The number of likely N-dealkylation sites (tertiary alicyclic amines) is 1. The molecule has 2 aromatic rings. The fourth-order valence-corrected chi connectivity index (χ4v) is 4.44. The minimum absolute atomic E-state index is 0.0155. The normalized spacial score (nSPS) is 25.7. The number of fused-ring (bicyclic) bond motifs is 1. The average molecular weight is 396 g/mol. The predicted molar refractivity (Wildman–Crippen MR) is 110 cm³/mol. The van der Waals surface area contributed by atoms with Crippen LogP contribution >= 0.6 is 0 Å². The van der Waals surface area contributed by atoms with E-state index in [0.717, 1.165) is 5.69 Å². The standard InChI is InChI=1S/C23H29N3O3/c1-17(18-10-6-5-7-11-18)26-23(20-12-8-9-13-24-20)16-25(14-19(23)15-28-26)21(27)29-22(2,3)4/h5-13,17,19H,14-16H2,1-4H3/t17-,19-,23-/m1/s1. The van der Waals surface area contributed by atoms with Crippen LogP contribution in [0.1, 0.15) is 45.0 Å². The van der Waals surface area contributed by atoms with Gasteiger partial charge in [-0.3, -0.25) is 9.82 Å². The lowest BCUT2D eigenvalue weighted by molar-refractivity contribution is -0.197. The average Bonchev–Trinajstić information content (AvgIpc) is 3.24. The molecule has 1 aromatic heterocycles. The summed E-state index contributed by atoms with van der Waals surface area (Å²) in [4.78, 5) is 25.6. The first kappa shape index (κ1) is 19.9. The Morgan fingerprint density at radius 1 is 1.21 bits per heavy atom. The van der Waals surface area contributed by atoms with Gasteiger partial charge in [0.2, 0.25) is 0 Å². The van der Waals surface area contributed by atoms with Crippen LogP contribution in [0.25, 0.3) is 0 Å². The van der Waals surface area contributed by atoms with Gasteiger partial charge in [0.1, 0.15) is 11.1 Å². The molecule has 0 saturated carbocycles. The molecule has 0 unspecified atom stereocenters. The summed E-state index contributed by atoms with van der Waals surface area (Å²) in [6.45, 7) is 9.44. The molecular formula is C23H29N3O3. The number of amides is 1. The number of carbonyl (C=O) groups excluding carboxylic acids is 1. The fourth-order valence-electron chi connectivity index (χ4n) is 4.44. The summed E-state index contributed by atoms with van der Waals surface area (Å²) in [6, 6.07) is 16.3. The van der Waals surface area contributed by atoms with Gasteiger partial charge in [-0.15, -0.1) is 0 Å². The number of benzene rings is 1. The number of hydrogen-bond acceptors (Lipinski definition) is 5. The molecule has 1 aromatic carbocycles. The maximum absolute atomic E-state index is 12.8. The number of hydrogen-bond donors (Lipinski definition) is 0. The van der Waals surface area contributed by atoms with Gasteiger partial charge < -0.3 is 9.64 Å². The van der Waals surface area contributed by atoms with E-state index in [0.29, 0.717) is 19.7 Å². The highest BCUT2D eigenvalue weighted by Gasteiger charge is 2.60. The number of rotatable bonds is 3. The number of carbonyl (C=O) groups is 1. The summed E-state index contributed by atoms with van der Waals surface area (Å²) in [5, 5.41) is 2.06. The number of nitrogens with zero attached hydrogens (tertiary/aromatic N) is 3. The third-order valence-corrected chi connectivity index (χ3v) is 5.75. The third kappa shape index (κ3) is 3.63. The van der Waals surface area contributed by atoms with Gasteiger partial charge in [0.25, 0.3) is 0 Å². The van der Waals surface area contributed by atoms with Crippen LogP contribution in [0.4, 0.5) is 4.79 Å². The second-order valence-corrected chi connectivity index (χ2v) is 8.91. The number of ether oxygens (including phenoxy) is 1. The molecule has 2 saturated heterocycles. The quantitative estimate of drug-likeness (QED) is 0.781. The number of aromatic nitrogens is 1. The van der Waals surface area contributed by atoms with Crippen molar-refractivity contribution in [2.24, 2.45) is 5.92 Å². The van der Waals surface area contributed by atoms with Crippen LogP contribution in [0.2, 0.25) is 0 Å². The van der Waals surface area contributed by atoms with E-state index < -0.39 is 11.1 Å². The van der Waals surface area contributed by atoms with Crippen molar-refractivity contribution in [1.82, 2.24) is 14.9 Å². The topological polar surface area (TPSA) is 54.9 Å². The second-order valence-electron chi connectivity index (χ2n) is 8.91. The van der Waals surface area contributed by atoms with Gasteiger partial charge >= 0.3 is 6.09 Å². The Kier molecular flexibility index (Phi) is 5.09. The summed E-state index contributed by atoms with van der Waals surface area (Å²) < 4.78 is 5.66. The van der Waals surface area contributed by atoms with E-state index >= 15 is 0 Å². The lowest BCUT2D eigenvalue weighted by Crippen LogP contribution is -2.48. The molecule has 3 heterocycles. The van der Waals surface area contributed by atoms with Gasteiger partial charge in [0.15, 0.2) is 0 Å². The van der Waals surface area contributed by atoms with Crippen molar-refractivity contribution in [3.63, 3.8) is 0 Å². The lowest BCUT2D eigenvalue weighted by atomic mass is 9.83. The summed E-state index contributed by atoms with van der Waals surface area (Å²) in [5.74, 6) is 0.121. The van der Waals surface area contributed by atoms with Crippen molar-refractivity contribution < 1.29 is 14.4 Å². The molecule has 4 rings (SSSR count). The minimum atomic E-state index is -0.527. The van der Waals surface area contributed by atoms with Gasteiger partial charge in [0.05, 0.1) is 24.9 Å². The van der Waals surface area contributed by atoms with Gasteiger partial charge in [-0.05, 0) is 45.4 Å². The van der Waals surface area contributed by atoms with Gasteiger partial charge in [0, 0.05) is 18.7 Å². The Balaban J connectivity index is 1.70. The van der Waals surface area contributed by atoms with Crippen LogP contribution in [0.5, 0.6) is 0 Å². The Morgan fingerprint density at radius 2 is 1.93 bits per heavy atom. The van der Waals surface area contributed by atoms with Crippen molar-refractivity contribution in [3.05, 3.63) is 66.0 Å². The van der Waals surface area contributed by atoms with E-state index in [4.69, 9.17) is 9.57 Å². The largest absolute Gasteiger partial charge is 0.444 e. The highest BCUT2D eigenvalue weighted by Crippen LogP contribution is 2.50. The first-order chi connectivity index (χ1) is 13.8. The van der Waals surface area contributed by atoms with Crippen LogP contribution in [-0.4, -0.2) is 46.3 Å². The molecule has 1 amide bonds. The molecule has 0 aliphatic carbocycles. The molecule has 154 valence electrons. The van der Waals surface area contributed by atoms with Gasteiger partial charge in [-0.25, -0.2) is 4.79 Å². The molecule has 29 heavy (non-hydrogen) atoms. The molecule has 3 atom stereocenters. The molecule has 2 aliphatic heterocycles. The Morgan fingerprint density at radius 3 is 2.59 bits per heavy atom. The third-order valence-electron chi connectivity index (χ3n) is 5.75. The van der Waals surface area contributed by atoms with E-state index in [-0.39, 0.29) is 18.1 Å². The first-order valence-corrected chi connectivity index (χ1v) is 10.2. The molecule has 2 fully saturated rings. The van der Waals surface area contributed by atoms with Crippen LogP contribution in [0, 0.1) is 5.92 Å². The SMILES string of the molecule is C[C@H](c1ccccc1)N1OC[C@H]2CN(C(=O)OC(C)(C)C)C[C@]21c1ccccn1. The van der Waals surface area contributed by atoms with E-state index in [1.807, 2.05) is 57.2 Å². The fraction of sp³-hybridized carbons (Fsp3) is 0.478. The maximum Gasteiger partial charge on any atom is 0.410 e. The van der Waals surface area contributed by atoms with E-state index in [1.165, 1.54) is 5.56 Å². The second kappa shape index (κ2) is 7.43. The highest BCUT2D eigenvalue weighted by atomic mass is 16.7. The van der Waals surface area contributed by atoms with Crippen molar-refractivity contribution >= 4 is 6.09 Å². The summed E-state index contributed by atoms with van der Waals surface area (Å²) in [7, 11) is 0. The smallest absolute Gasteiger partial charge is 0.410 e. The molecular weight excluding hydrogens is 366 g/mol. The molecule has 0 bridgehead atoms. The van der Waals surface area contributed by atoms with Crippen molar-refractivity contribution in [2.45, 2.75) is 44.9 Å². The Labute approximate surface area is 172 Å². The Hall–Kier alpha value is -2.44. The molecule has 2 aliphatic rings. The maximum atomic E-state index is 12.8. The molecule has 6 nitrogen and oxygen atoms in total. The molecule has 0 spiro atoms. The van der Waals surface area contributed by atoms with E-state index in [1.54, 1.807) is 11.1 Å². The van der Waals surface area contributed by atoms with Crippen molar-refractivity contribution in [3.8, 4) is 0 Å². The molecule has 0 radical (unpaired) electrons. The zero-order valence-corrected chi connectivity index (χ0v) is 17.5. The van der Waals surface area contributed by atoms with Gasteiger partial charge in [-0.2, -0.15) is 5.06 Å². The molecule has 6 heteroatoms. The zero-order valence-electron chi connectivity index (χ0n) is 17.5. The summed E-state index contributed by atoms with van der Waals surface area (Å²) in [6.07, 6.45) is 1.52. The monoisotopic (exact) mass is 395 g/mol. The lowest BCUT2D eigenvalue weighted by Gasteiger charge is -2.39. The zero-order chi connectivity index (χ0) is 20.6. The van der Waals surface area contributed by atoms with Crippen molar-refractivity contribution in [2.75, 3.05) is 19.7 Å². The number of hydroxylamine groups is 2. The van der Waals surface area contributed by atoms with Crippen LogP contribution in [-0.2, 0) is 15.1 Å². The van der Waals surface area contributed by atoms with E-state index in [9.17, 15) is 4.79 Å². The summed E-state index contributed by atoms with van der Waals surface area (Å²) >= 11 is 0. The number of pyridine rings is 1. The highest BCUT2D eigenvalue weighted by molar-refractivity contribution is 5.69. The van der Waals surface area contributed by atoms with Crippen LogP contribution in [0.3, 0.4) is 0 Å². The Bertz CT molecular complexity index is 853. The summed E-state index contributed by atoms with van der Waals surface area (Å²) in [5.41, 5.74) is 1.06. The van der Waals surface area contributed by atoms with Gasteiger partial charge in [-0.1, -0.05) is 36.4 Å². The predicted octanol–water partition coefficient (Wildman–Crippen LogP) is 4.15. The molecule has 0 N–H and O–H groups in total. The van der Waals surface area contributed by atoms with E-state index in [2.05, 4.69) is 29.1 Å². The van der Waals surface area contributed by atoms with Crippen LogP contribution in [0.15, 0.2) is 54.7 Å². The van der Waals surface area contributed by atoms with Crippen molar-refractivity contribution in [1.29, 1.82) is 0 Å².